The molecule has 0 saturated carbocycles. The molecule has 0 saturated heterocycles. The summed E-state index contributed by atoms with van der Waals surface area (Å²) >= 11 is 0. The molecule has 0 bridgehead atoms. The van der Waals surface area contributed by atoms with Gasteiger partial charge in [0.1, 0.15) is 5.52 Å². The summed E-state index contributed by atoms with van der Waals surface area (Å²) in [6.07, 6.45) is 3.34. The summed E-state index contributed by atoms with van der Waals surface area (Å²) in [5.41, 5.74) is 9.52. The third-order valence-electron chi connectivity index (χ3n) is 2.68. The zero-order chi connectivity index (χ0) is 11.8. The molecule has 3 aromatic heterocycles. The number of furan rings is 1. The van der Waals surface area contributed by atoms with Crippen LogP contribution in [-0.4, -0.2) is 14.5 Å². The van der Waals surface area contributed by atoms with Crippen molar-refractivity contribution in [1.29, 1.82) is 0 Å². The van der Waals surface area contributed by atoms with Gasteiger partial charge in [-0.3, -0.25) is 4.57 Å². The molecule has 0 aliphatic rings. The average molecular weight is 228 g/mol. The lowest BCUT2D eigenvalue weighted by Crippen LogP contribution is -2.04. The molecule has 0 amide bonds. The summed E-state index contributed by atoms with van der Waals surface area (Å²) in [4.78, 5) is 8.75. The van der Waals surface area contributed by atoms with E-state index in [0.717, 1.165) is 22.4 Å². The van der Waals surface area contributed by atoms with E-state index in [4.69, 9.17) is 10.2 Å². The van der Waals surface area contributed by atoms with Crippen LogP contribution in [0.3, 0.4) is 0 Å². The molecule has 0 aliphatic heterocycles. The van der Waals surface area contributed by atoms with Crippen molar-refractivity contribution >= 4 is 17.1 Å². The van der Waals surface area contributed by atoms with Gasteiger partial charge in [-0.05, 0) is 25.1 Å². The fourth-order valence-corrected chi connectivity index (χ4v) is 1.83. The SMILES string of the molecule is Cc1ccc2nc(N)n(Cc3ccoc3)c2n1. The van der Waals surface area contributed by atoms with Crippen LogP contribution in [0.4, 0.5) is 5.95 Å². The number of nitrogens with two attached hydrogens (primary N) is 1. The Balaban J connectivity index is 2.14. The molecule has 5 heteroatoms. The zero-order valence-electron chi connectivity index (χ0n) is 9.42. The molecule has 3 aromatic rings. The first-order chi connectivity index (χ1) is 8.24. The van der Waals surface area contributed by atoms with Crippen molar-refractivity contribution in [3.05, 3.63) is 42.0 Å². The Morgan fingerprint density at radius 1 is 1.29 bits per heavy atom. The van der Waals surface area contributed by atoms with E-state index in [1.54, 1.807) is 12.5 Å². The molecular formula is C12H12N4O. The first-order valence-corrected chi connectivity index (χ1v) is 5.34. The van der Waals surface area contributed by atoms with Crippen LogP contribution in [0.1, 0.15) is 11.3 Å². The van der Waals surface area contributed by atoms with E-state index in [2.05, 4.69) is 9.97 Å². The highest BCUT2D eigenvalue weighted by molar-refractivity contribution is 5.74. The fraction of sp³-hybridized carbons (Fsp3) is 0.167. The lowest BCUT2D eigenvalue weighted by atomic mass is 10.3. The smallest absolute Gasteiger partial charge is 0.202 e. The van der Waals surface area contributed by atoms with Crippen molar-refractivity contribution in [3.8, 4) is 0 Å². The fourth-order valence-electron chi connectivity index (χ4n) is 1.83. The Morgan fingerprint density at radius 3 is 2.94 bits per heavy atom. The van der Waals surface area contributed by atoms with E-state index >= 15 is 0 Å². The molecular weight excluding hydrogens is 216 g/mol. The largest absolute Gasteiger partial charge is 0.472 e. The van der Waals surface area contributed by atoms with Crippen LogP contribution in [0.5, 0.6) is 0 Å². The summed E-state index contributed by atoms with van der Waals surface area (Å²) in [5, 5.41) is 0. The van der Waals surface area contributed by atoms with E-state index < -0.39 is 0 Å². The van der Waals surface area contributed by atoms with Crippen molar-refractivity contribution < 1.29 is 4.42 Å². The minimum absolute atomic E-state index is 0.472. The lowest BCUT2D eigenvalue weighted by molar-refractivity contribution is 0.562. The second-order valence-corrected chi connectivity index (χ2v) is 3.98. The van der Waals surface area contributed by atoms with Gasteiger partial charge in [-0.25, -0.2) is 9.97 Å². The number of fused-ring (bicyclic) bond motifs is 1. The molecule has 0 fully saturated rings. The molecule has 0 spiro atoms. The number of hydrogen-bond acceptors (Lipinski definition) is 4. The second kappa shape index (κ2) is 3.62. The third kappa shape index (κ3) is 1.65. The lowest BCUT2D eigenvalue weighted by Gasteiger charge is -2.03. The Bertz CT molecular complexity index is 655. The van der Waals surface area contributed by atoms with Crippen LogP contribution in [0.2, 0.25) is 0 Å². The van der Waals surface area contributed by atoms with Gasteiger partial charge < -0.3 is 10.2 Å². The highest BCUT2D eigenvalue weighted by atomic mass is 16.3. The predicted octanol–water partition coefficient (Wildman–Crippen LogP) is 1.96. The molecule has 17 heavy (non-hydrogen) atoms. The summed E-state index contributed by atoms with van der Waals surface area (Å²) < 4.78 is 6.93. The van der Waals surface area contributed by atoms with Crippen LogP contribution in [-0.2, 0) is 6.54 Å². The van der Waals surface area contributed by atoms with Crippen molar-refractivity contribution in [2.24, 2.45) is 0 Å². The van der Waals surface area contributed by atoms with Gasteiger partial charge in [-0.1, -0.05) is 0 Å². The van der Waals surface area contributed by atoms with Crippen molar-refractivity contribution in [3.63, 3.8) is 0 Å². The number of aryl methyl sites for hydroxylation is 1. The zero-order valence-corrected chi connectivity index (χ0v) is 9.42. The van der Waals surface area contributed by atoms with Gasteiger partial charge in [0.05, 0.1) is 19.1 Å². The maximum absolute atomic E-state index is 5.90. The maximum Gasteiger partial charge on any atom is 0.202 e. The summed E-state index contributed by atoms with van der Waals surface area (Å²) in [6, 6.07) is 5.76. The van der Waals surface area contributed by atoms with E-state index in [1.165, 1.54) is 0 Å². The first-order valence-electron chi connectivity index (χ1n) is 5.34. The van der Waals surface area contributed by atoms with E-state index in [0.29, 0.717) is 12.5 Å². The van der Waals surface area contributed by atoms with E-state index in [1.807, 2.05) is 29.7 Å². The molecule has 86 valence electrons. The van der Waals surface area contributed by atoms with Gasteiger partial charge in [0, 0.05) is 11.3 Å². The number of aromatic nitrogens is 3. The van der Waals surface area contributed by atoms with Crippen LogP contribution in [0.15, 0.2) is 35.1 Å². The van der Waals surface area contributed by atoms with Crippen molar-refractivity contribution in [2.45, 2.75) is 13.5 Å². The summed E-state index contributed by atoms with van der Waals surface area (Å²) in [7, 11) is 0. The summed E-state index contributed by atoms with van der Waals surface area (Å²) in [6.45, 7) is 2.57. The number of hydrogen-bond donors (Lipinski definition) is 1. The highest BCUT2D eigenvalue weighted by Gasteiger charge is 2.10. The maximum atomic E-state index is 5.90. The monoisotopic (exact) mass is 228 g/mol. The molecule has 5 nitrogen and oxygen atoms in total. The van der Waals surface area contributed by atoms with Gasteiger partial charge in [0.25, 0.3) is 0 Å². The number of rotatable bonds is 2. The topological polar surface area (TPSA) is 69.9 Å². The minimum Gasteiger partial charge on any atom is -0.472 e. The molecule has 3 rings (SSSR count). The molecule has 0 aliphatic carbocycles. The minimum atomic E-state index is 0.472. The van der Waals surface area contributed by atoms with Gasteiger partial charge in [0.15, 0.2) is 5.65 Å². The second-order valence-electron chi connectivity index (χ2n) is 3.98. The molecule has 0 unspecified atom stereocenters. The molecule has 3 heterocycles. The van der Waals surface area contributed by atoms with Crippen LogP contribution in [0, 0.1) is 6.92 Å². The number of imidazole rings is 1. The average Bonchev–Trinajstić information content (AvgIpc) is 2.90. The van der Waals surface area contributed by atoms with Gasteiger partial charge >= 0.3 is 0 Å². The molecule has 0 atom stereocenters. The van der Waals surface area contributed by atoms with Crippen LogP contribution < -0.4 is 5.73 Å². The summed E-state index contributed by atoms with van der Waals surface area (Å²) in [5.74, 6) is 0.472. The van der Waals surface area contributed by atoms with E-state index in [-0.39, 0.29) is 0 Å². The predicted molar refractivity (Wildman–Crippen MR) is 64.5 cm³/mol. The number of pyridine rings is 1. The van der Waals surface area contributed by atoms with E-state index in [9.17, 15) is 0 Å². The quantitative estimate of drug-likeness (QED) is 0.728. The van der Waals surface area contributed by atoms with Crippen molar-refractivity contribution in [2.75, 3.05) is 5.73 Å². The Labute approximate surface area is 97.9 Å². The first kappa shape index (κ1) is 9.89. The van der Waals surface area contributed by atoms with Crippen molar-refractivity contribution in [1.82, 2.24) is 14.5 Å². The normalized spacial score (nSPS) is 11.1. The molecule has 0 aromatic carbocycles. The van der Waals surface area contributed by atoms with Gasteiger partial charge in [-0.15, -0.1) is 0 Å². The molecule has 0 radical (unpaired) electrons. The van der Waals surface area contributed by atoms with Gasteiger partial charge in [-0.2, -0.15) is 0 Å². The van der Waals surface area contributed by atoms with Crippen LogP contribution in [0.25, 0.3) is 11.2 Å². The number of nitrogen functional groups attached to an aromatic ring is 1. The number of anilines is 1. The Morgan fingerprint density at radius 2 is 2.18 bits per heavy atom. The van der Waals surface area contributed by atoms with Gasteiger partial charge in [0.2, 0.25) is 5.95 Å². The van der Waals surface area contributed by atoms with Crippen LogP contribution >= 0.6 is 0 Å². The Kier molecular flexibility index (Phi) is 2.11. The third-order valence-corrected chi connectivity index (χ3v) is 2.68. The number of nitrogens with zero attached hydrogens (tertiary/aromatic N) is 3. The highest BCUT2D eigenvalue weighted by Crippen LogP contribution is 2.18. The standard InChI is InChI=1S/C12H12N4O/c1-8-2-3-10-11(14-8)16(12(13)15-10)6-9-4-5-17-7-9/h2-5,7H,6H2,1H3,(H2,13,15). The molecule has 2 N–H and O–H groups in total. The Hall–Kier alpha value is -2.30.